The molecule has 1 aromatic heterocycles. The summed E-state index contributed by atoms with van der Waals surface area (Å²) < 4.78 is 5.55. The van der Waals surface area contributed by atoms with Gasteiger partial charge in [0.05, 0.1) is 12.2 Å². The minimum Gasteiger partial charge on any atom is -0.387 e. The van der Waals surface area contributed by atoms with Gasteiger partial charge in [0, 0.05) is 45.3 Å². The minimum absolute atomic E-state index is 0.0347. The Kier molecular flexibility index (Phi) is 4.74. The van der Waals surface area contributed by atoms with Crippen LogP contribution in [-0.2, 0) is 4.74 Å². The summed E-state index contributed by atoms with van der Waals surface area (Å²) in [7, 11) is 3.58. The number of pyridine rings is 1. The van der Waals surface area contributed by atoms with Crippen LogP contribution in [0.4, 0.5) is 5.69 Å². The first kappa shape index (κ1) is 13.8. The molecule has 0 bridgehead atoms. The number of nitrogens with zero attached hydrogens (tertiary/aromatic N) is 2. The van der Waals surface area contributed by atoms with Crippen molar-refractivity contribution < 1.29 is 9.53 Å². The van der Waals surface area contributed by atoms with Gasteiger partial charge in [-0.15, -0.1) is 0 Å². The molecule has 0 unspecified atom stereocenters. The first-order chi connectivity index (χ1) is 9.22. The minimum atomic E-state index is -0.0347. The van der Waals surface area contributed by atoms with Crippen LogP contribution in [0.15, 0.2) is 18.5 Å². The number of ether oxygens (including phenoxy) is 1. The van der Waals surface area contributed by atoms with Crippen molar-refractivity contribution in [1.29, 1.82) is 0 Å². The van der Waals surface area contributed by atoms with Gasteiger partial charge in [0.2, 0.25) is 0 Å². The van der Waals surface area contributed by atoms with Gasteiger partial charge in [-0.1, -0.05) is 0 Å². The zero-order valence-corrected chi connectivity index (χ0v) is 11.6. The fraction of sp³-hybridized carbons (Fsp3) is 0.571. The normalized spacial score (nSPS) is 14.2. The maximum Gasteiger partial charge on any atom is 0.257 e. The van der Waals surface area contributed by atoms with Gasteiger partial charge in [-0.2, -0.15) is 0 Å². The Labute approximate surface area is 114 Å². The van der Waals surface area contributed by atoms with Crippen LogP contribution in [0, 0.1) is 5.92 Å². The Hall–Kier alpha value is -1.62. The molecule has 1 saturated carbocycles. The van der Waals surface area contributed by atoms with Crippen molar-refractivity contribution in [3.8, 4) is 0 Å². The summed E-state index contributed by atoms with van der Waals surface area (Å²) >= 11 is 0. The molecular weight excluding hydrogens is 242 g/mol. The predicted octanol–water partition coefficient (Wildman–Crippen LogP) is 1.62. The van der Waals surface area contributed by atoms with Gasteiger partial charge in [0.1, 0.15) is 0 Å². The van der Waals surface area contributed by atoms with Crippen LogP contribution in [0.25, 0.3) is 0 Å². The Balaban J connectivity index is 1.82. The molecule has 5 heteroatoms. The average Bonchev–Trinajstić information content (AvgIpc) is 3.26. The van der Waals surface area contributed by atoms with Crippen molar-refractivity contribution in [2.75, 3.05) is 39.2 Å². The third kappa shape index (κ3) is 3.92. The summed E-state index contributed by atoms with van der Waals surface area (Å²) in [5.74, 6) is 0.725. The largest absolute Gasteiger partial charge is 0.387 e. The molecule has 5 nitrogen and oxygen atoms in total. The van der Waals surface area contributed by atoms with Gasteiger partial charge in [0.15, 0.2) is 0 Å². The molecule has 0 radical (unpaired) electrons. The highest BCUT2D eigenvalue weighted by molar-refractivity contribution is 5.99. The molecular formula is C14H21N3O2. The second-order valence-corrected chi connectivity index (χ2v) is 4.92. The van der Waals surface area contributed by atoms with Crippen molar-refractivity contribution in [2.24, 2.45) is 5.92 Å². The molecule has 0 aromatic carbocycles. The quantitative estimate of drug-likeness (QED) is 0.760. The SMILES string of the molecule is CNc1ccncc1C(=O)N(C)CCOCC1CC1. The molecule has 1 aromatic rings. The lowest BCUT2D eigenvalue weighted by Crippen LogP contribution is -2.31. The third-order valence-corrected chi connectivity index (χ3v) is 3.29. The molecule has 0 atom stereocenters. The summed E-state index contributed by atoms with van der Waals surface area (Å²) in [4.78, 5) is 17.9. The van der Waals surface area contributed by atoms with E-state index in [0.29, 0.717) is 18.7 Å². The number of hydrogen-bond donors (Lipinski definition) is 1. The second-order valence-electron chi connectivity index (χ2n) is 4.92. The van der Waals surface area contributed by atoms with Gasteiger partial charge < -0.3 is 15.0 Å². The van der Waals surface area contributed by atoms with Crippen LogP contribution in [0.5, 0.6) is 0 Å². The summed E-state index contributed by atoms with van der Waals surface area (Å²) in [6, 6.07) is 1.80. The smallest absolute Gasteiger partial charge is 0.257 e. The third-order valence-electron chi connectivity index (χ3n) is 3.29. The summed E-state index contributed by atoms with van der Waals surface area (Å²) in [5, 5.41) is 3.00. The van der Waals surface area contributed by atoms with Crippen molar-refractivity contribution in [3.05, 3.63) is 24.0 Å². The topological polar surface area (TPSA) is 54.5 Å². The molecule has 0 spiro atoms. The van der Waals surface area contributed by atoms with Crippen LogP contribution in [0.1, 0.15) is 23.2 Å². The van der Waals surface area contributed by atoms with E-state index < -0.39 is 0 Å². The van der Waals surface area contributed by atoms with E-state index >= 15 is 0 Å². The molecule has 104 valence electrons. The number of aromatic nitrogens is 1. The van der Waals surface area contributed by atoms with Crippen molar-refractivity contribution in [1.82, 2.24) is 9.88 Å². The lowest BCUT2D eigenvalue weighted by atomic mass is 10.2. The Morgan fingerprint density at radius 2 is 2.37 bits per heavy atom. The predicted molar refractivity (Wildman–Crippen MR) is 74.3 cm³/mol. The van der Waals surface area contributed by atoms with Crippen LogP contribution in [0.3, 0.4) is 0 Å². The number of rotatable bonds is 7. The number of amides is 1. The maximum absolute atomic E-state index is 12.3. The Morgan fingerprint density at radius 3 is 3.05 bits per heavy atom. The van der Waals surface area contributed by atoms with Gasteiger partial charge >= 0.3 is 0 Å². The number of carbonyl (C=O) groups excluding carboxylic acids is 1. The molecule has 2 rings (SSSR count). The molecule has 1 amide bonds. The number of carbonyl (C=O) groups is 1. The highest BCUT2D eigenvalue weighted by Crippen LogP contribution is 2.28. The van der Waals surface area contributed by atoms with Gasteiger partial charge in [-0.25, -0.2) is 0 Å². The van der Waals surface area contributed by atoms with E-state index in [1.807, 2.05) is 0 Å². The highest BCUT2D eigenvalue weighted by Gasteiger charge is 2.21. The zero-order chi connectivity index (χ0) is 13.7. The van der Waals surface area contributed by atoms with Gasteiger partial charge in [-0.05, 0) is 24.8 Å². The molecule has 1 fully saturated rings. The summed E-state index contributed by atoms with van der Waals surface area (Å²) in [6.45, 7) is 2.02. The number of likely N-dealkylation sites (N-methyl/N-ethyl adjacent to an activating group) is 1. The standard InChI is InChI=1S/C14H21N3O2/c1-15-13-5-6-16-9-12(13)14(18)17(2)7-8-19-10-11-3-4-11/h5-6,9,11H,3-4,7-8,10H2,1-2H3,(H,15,16). The number of anilines is 1. The molecule has 1 aliphatic carbocycles. The van der Waals surface area contributed by atoms with Crippen molar-refractivity contribution in [3.63, 3.8) is 0 Å². The molecule has 1 N–H and O–H groups in total. The summed E-state index contributed by atoms with van der Waals surface area (Å²) in [6.07, 6.45) is 5.84. The van der Waals surface area contributed by atoms with E-state index in [-0.39, 0.29) is 5.91 Å². The van der Waals surface area contributed by atoms with E-state index in [2.05, 4.69) is 10.3 Å². The maximum atomic E-state index is 12.3. The lowest BCUT2D eigenvalue weighted by molar-refractivity contribution is 0.0681. The molecule has 0 saturated heterocycles. The number of nitrogens with one attached hydrogen (secondary N) is 1. The van der Waals surface area contributed by atoms with Gasteiger partial charge in [-0.3, -0.25) is 9.78 Å². The fourth-order valence-electron chi connectivity index (χ4n) is 1.83. The molecule has 0 aliphatic heterocycles. The van der Waals surface area contributed by atoms with Crippen LogP contribution >= 0.6 is 0 Å². The monoisotopic (exact) mass is 263 g/mol. The van der Waals surface area contributed by atoms with Crippen molar-refractivity contribution >= 4 is 11.6 Å². The highest BCUT2D eigenvalue weighted by atomic mass is 16.5. The van der Waals surface area contributed by atoms with E-state index in [1.165, 1.54) is 12.8 Å². The Bertz CT molecular complexity index is 432. The van der Waals surface area contributed by atoms with E-state index in [1.54, 1.807) is 37.5 Å². The van der Waals surface area contributed by atoms with Crippen LogP contribution in [0.2, 0.25) is 0 Å². The van der Waals surface area contributed by atoms with Crippen LogP contribution < -0.4 is 5.32 Å². The average molecular weight is 263 g/mol. The van der Waals surface area contributed by atoms with Crippen molar-refractivity contribution in [2.45, 2.75) is 12.8 Å². The first-order valence-corrected chi connectivity index (χ1v) is 6.67. The molecule has 1 heterocycles. The van der Waals surface area contributed by atoms with E-state index in [9.17, 15) is 4.79 Å². The fourth-order valence-corrected chi connectivity index (χ4v) is 1.83. The second kappa shape index (κ2) is 6.52. The van der Waals surface area contributed by atoms with Gasteiger partial charge in [0.25, 0.3) is 5.91 Å². The number of hydrogen-bond acceptors (Lipinski definition) is 4. The summed E-state index contributed by atoms with van der Waals surface area (Å²) in [5.41, 5.74) is 1.39. The van der Waals surface area contributed by atoms with E-state index in [0.717, 1.165) is 18.2 Å². The Morgan fingerprint density at radius 1 is 1.58 bits per heavy atom. The zero-order valence-electron chi connectivity index (χ0n) is 11.6. The molecule has 19 heavy (non-hydrogen) atoms. The lowest BCUT2D eigenvalue weighted by Gasteiger charge is -2.18. The molecule has 1 aliphatic rings. The van der Waals surface area contributed by atoms with E-state index in [4.69, 9.17) is 4.74 Å². The van der Waals surface area contributed by atoms with Crippen LogP contribution in [-0.4, -0.2) is 49.6 Å². The first-order valence-electron chi connectivity index (χ1n) is 6.67.